The van der Waals surface area contributed by atoms with E-state index in [9.17, 15) is 9.18 Å². The van der Waals surface area contributed by atoms with Gasteiger partial charge >= 0.3 is 5.97 Å². The zero-order valence-corrected chi connectivity index (χ0v) is 10.4. The molecule has 0 aliphatic heterocycles. The number of rotatable bonds is 3. The molecule has 6 heteroatoms. The summed E-state index contributed by atoms with van der Waals surface area (Å²) < 4.78 is 23.0. The molecule has 1 rings (SSSR count). The van der Waals surface area contributed by atoms with E-state index in [1.54, 1.807) is 0 Å². The van der Waals surface area contributed by atoms with Gasteiger partial charge in [0, 0.05) is 6.07 Å². The van der Waals surface area contributed by atoms with Crippen LogP contribution in [0.5, 0.6) is 5.75 Å². The quantitative estimate of drug-likeness (QED) is 0.684. The molecule has 0 aromatic heterocycles. The smallest absolute Gasteiger partial charge is 0.346 e. The Morgan fingerprint density at radius 1 is 1.56 bits per heavy atom. The van der Waals surface area contributed by atoms with E-state index in [-0.39, 0.29) is 11.4 Å². The van der Waals surface area contributed by atoms with Crippen LogP contribution >= 0.6 is 15.9 Å². The number of hydrogen-bond acceptors (Lipinski definition) is 4. The molecule has 0 heterocycles. The Balaban J connectivity index is 2.93. The third kappa shape index (κ3) is 2.85. The number of carbonyl (C=O) groups is 1. The van der Waals surface area contributed by atoms with E-state index in [4.69, 9.17) is 10.5 Å². The van der Waals surface area contributed by atoms with Gasteiger partial charge in [0.05, 0.1) is 17.3 Å². The molecule has 0 fully saturated rings. The molecule has 4 nitrogen and oxygen atoms in total. The average molecular weight is 292 g/mol. The number of carbonyl (C=O) groups excluding carboxylic acids is 1. The fraction of sp³-hybridized carbons (Fsp3) is 0.300. The largest absolute Gasteiger partial charge is 0.476 e. The fourth-order valence-electron chi connectivity index (χ4n) is 1.10. The molecule has 0 amide bonds. The molecule has 0 radical (unpaired) electrons. The lowest BCUT2D eigenvalue weighted by Crippen LogP contribution is -2.25. The van der Waals surface area contributed by atoms with Crippen LogP contribution in [0.4, 0.5) is 10.1 Å². The predicted molar refractivity (Wildman–Crippen MR) is 60.6 cm³/mol. The van der Waals surface area contributed by atoms with Gasteiger partial charge < -0.3 is 15.2 Å². The van der Waals surface area contributed by atoms with E-state index in [0.717, 1.165) is 6.07 Å². The topological polar surface area (TPSA) is 61.5 Å². The van der Waals surface area contributed by atoms with Crippen LogP contribution < -0.4 is 10.5 Å². The minimum atomic E-state index is -0.811. The number of nitrogens with two attached hydrogens (primary N) is 1. The van der Waals surface area contributed by atoms with Gasteiger partial charge in [0.2, 0.25) is 0 Å². The number of halogens is 2. The number of anilines is 1. The third-order valence-corrected chi connectivity index (χ3v) is 2.45. The van der Waals surface area contributed by atoms with Gasteiger partial charge in [0.1, 0.15) is 5.82 Å². The Morgan fingerprint density at radius 3 is 2.69 bits per heavy atom. The SMILES string of the molecule is COC(=O)C(C)Oc1c(N)cc(F)cc1Br. The van der Waals surface area contributed by atoms with Gasteiger partial charge in [-0.25, -0.2) is 9.18 Å². The van der Waals surface area contributed by atoms with Crippen molar-refractivity contribution in [2.24, 2.45) is 0 Å². The van der Waals surface area contributed by atoms with Gasteiger partial charge in [0.25, 0.3) is 0 Å². The fourth-order valence-corrected chi connectivity index (χ4v) is 1.64. The Labute approximate surface area is 101 Å². The third-order valence-electron chi connectivity index (χ3n) is 1.86. The zero-order chi connectivity index (χ0) is 12.3. The van der Waals surface area contributed by atoms with E-state index in [1.807, 2.05) is 0 Å². The van der Waals surface area contributed by atoms with Gasteiger partial charge in [-0.2, -0.15) is 0 Å². The van der Waals surface area contributed by atoms with Crippen molar-refractivity contribution in [1.82, 2.24) is 0 Å². The molecule has 1 aromatic carbocycles. The lowest BCUT2D eigenvalue weighted by Gasteiger charge is -2.15. The van der Waals surface area contributed by atoms with Crippen molar-refractivity contribution in [2.45, 2.75) is 13.0 Å². The van der Waals surface area contributed by atoms with Crippen molar-refractivity contribution in [3.05, 3.63) is 22.4 Å². The number of esters is 1. The van der Waals surface area contributed by atoms with Crippen molar-refractivity contribution in [3.8, 4) is 5.75 Å². The first-order chi connectivity index (χ1) is 7.45. The van der Waals surface area contributed by atoms with Gasteiger partial charge in [-0.15, -0.1) is 0 Å². The van der Waals surface area contributed by atoms with Gasteiger partial charge in [-0.05, 0) is 28.9 Å². The van der Waals surface area contributed by atoms with Crippen LogP contribution in [0.15, 0.2) is 16.6 Å². The summed E-state index contributed by atoms with van der Waals surface area (Å²) in [6, 6.07) is 2.32. The van der Waals surface area contributed by atoms with Crippen LogP contribution in [-0.2, 0) is 9.53 Å². The van der Waals surface area contributed by atoms with Crippen LogP contribution in [0.25, 0.3) is 0 Å². The number of benzene rings is 1. The van der Waals surface area contributed by atoms with E-state index >= 15 is 0 Å². The standard InChI is InChI=1S/C10H11BrFNO3/c1-5(10(14)15-2)16-9-7(11)3-6(12)4-8(9)13/h3-5H,13H2,1-2H3. The molecule has 1 unspecified atom stereocenters. The molecule has 0 aliphatic carbocycles. The van der Waals surface area contributed by atoms with E-state index in [1.165, 1.54) is 20.1 Å². The second kappa shape index (κ2) is 5.16. The molecule has 1 atom stereocenters. The molecule has 0 saturated heterocycles. The van der Waals surface area contributed by atoms with Crippen molar-refractivity contribution >= 4 is 27.6 Å². The Kier molecular flexibility index (Phi) is 4.12. The minimum absolute atomic E-state index is 0.114. The number of methoxy groups -OCH3 is 1. The number of hydrogen-bond donors (Lipinski definition) is 1. The lowest BCUT2D eigenvalue weighted by atomic mass is 10.3. The highest BCUT2D eigenvalue weighted by atomic mass is 79.9. The Hall–Kier alpha value is -1.30. The number of ether oxygens (including phenoxy) is 2. The first-order valence-electron chi connectivity index (χ1n) is 4.44. The summed E-state index contributed by atoms with van der Waals surface area (Å²) in [5, 5.41) is 0. The van der Waals surface area contributed by atoms with E-state index in [2.05, 4.69) is 20.7 Å². The first-order valence-corrected chi connectivity index (χ1v) is 5.24. The average Bonchev–Trinajstić information content (AvgIpc) is 2.21. The summed E-state index contributed by atoms with van der Waals surface area (Å²) in [6.45, 7) is 1.51. The van der Waals surface area contributed by atoms with Gasteiger partial charge in [-0.3, -0.25) is 0 Å². The van der Waals surface area contributed by atoms with Crippen molar-refractivity contribution < 1.29 is 18.7 Å². The summed E-state index contributed by atoms with van der Waals surface area (Å²) in [6.07, 6.45) is -0.811. The maximum absolute atomic E-state index is 12.9. The van der Waals surface area contributed by atoms with Crippen molar-refractivity contribution in [1.29, 1.82) is 0 Å². The molecule has 1 aromatic rings. The summed E-state index contributed by atoms with van der Waals surface area (Å²) in [4.78, 5) is 11.1. The molecular weight excluding hydrogens is 281 g/mol. The second-order valence-electron chi connectivity index (χ2n) is 3.09. The minimum Gasteiger partial charge on any atom is -0.476 e. The first kappa shape index (κ1) is 12.8. The van der Waals surface area contributed by atoms with Crippen molar-refractivity contribution in [2.75, 3.05) is 12.8 Å². The highest BCUT2D eigenvalue weighted by molar-refractivity contribution is 9.10. The highest BCUT2D eigenvalue weighted by Crippen LogP contribution is 2.33. The monoisotopic (exact) mass is 291 g/mol. The molecule has 16 heavy (non-hydrogen) atoms. The second-order valence-corrected chi connectivity index (χ2v) is 3.94. The molecule has 88 valence electrons. The van der Waals surface area contributed by atoms with Crippen molar-refractivity contribution in [3.63, 3.8) is 0 Å². The summed E-state index contributed by atoms with van der Waals surface area (Å²) >= 11 is 3.10. The normalized spacial score (nSPS) is 12.0. The maximum Gasteiger partial charge on any atom is 0.346 e. The molecule has 0 bridgehead atoms. The predicted octanol–water partition coefficient (Wildman–Crippen LogP) is 2.11. The molecular formula is C10H11BrFNO3. The highest BCUT2D eigenvalue weighted by Gasteiger charge is 2.18. The molecule has 0 spiro atoms. The van der Waals surface area contributed by atoms with E-state index < -0.39 is 17.9 Å². The zero-order valence-electron chi connectivity index (χ0n) is 8.79. The summed E-state index contributed by atoms with van der Waals surface area (Å²) in [7, 11) is 1.26. The van der Waals surface area contributed by atoms with E-state index in [0.29, 0.717) is 4.47 Å². The lowest BCUT2D eigenvalue weighted by molar-refractivity contribution is -0.147. The number of nitrogen functional groups attached to an aromatic ring is 1. The maximum atomic E-state index is 12.9. The van der Waals surface area contributed by atoms with Crippen LogP contribution in [0.1, 0.15) is 6.92 Å². The van der Waals surface area contributed by atoms with Gasteiger partial charge in [0.15, 0.2) is 11.9 Å². The van der Waals surface area contributed by atoms with Crippen LogP contribution in [0, 0.1) is 5.82 Å². The Morgan fingerprint density at radius 2 is 2.19 bits per heavy atom. The summed E-state index contributed by atoms with van der Waals surface area (Å²) in [5.41, 5.74) is 5.68. The summed E-state index contributed by atoms with van der Waals surface area (Å²) in [5.74, 6) is -0.794. The van der Waals surface area contributed by atoms with Gasteiger partial charge in [-0.1, -0.05) is 0 Å². The Bertz CT molecular complexity index is 388. The molecule has 0 aliphatic rings. The molecule has 0 saturated carbocycles. The van der Waals surface area contributed by atoms with Crippen LogP contribution in [0.3, 0.4) is 0 Å². The molecule has 2 N–H and O–H groups in total. The van der Waals surface area contributed by atoms with Crippen LogP contribution in [0.2, 0.25) is 0 Å². The van der Waals surface area contributed by atoms with Crippen LogP contribution in [-0.4, -0.2) is 19.2 Å².